The van der Waals surface area contributed by atoms with E-state index in [1.165, 1.54) is 12.4 Å². The van der Waals surface area contributed by atoms with Gasteiger partial charge in [-0.1, -0.05) is 0 Å². The Bertz CT molecular complexity index is 671. The van der Waals surface area contributed by atoms with Gasteiger partial charge in [0.1, 0.15) is 11.3 Å². The van der Waals surface area contributed by atoms with Crippen LogP contribution in [-0.2, 0) is 0 Å². The molecule has 0 N–H and O–H groups in total. The summed E-state index contributed by atoms with van der Waals surface area (Å²) in [5.74, 6) is -3.38. The van der Waals surface area contributed by atoms with E-state index in [4.69, 9.17) is 0 Å². The molecule has 9 heteroatoms. The van der Waals surface area contributed by atoms with E-state index in [1.807, 2.05) is 0 Å². The summed E-state index contributed by atoms with van der Waals surface area (Å²) in [6.07, 6.45) is 2.52. The third kappa shape index (κ3) is 1.46. The highest BCUT2D eigenvalue weighted by atomic mass is 19.3. The lowest BCUT2D eigenvalue weighted by molar-refractivity contribution is 0.0608. The number of aromatic nitrogens is 4. The van der Waals surface area contributed by atoms with Gasteiger partial charge in [0, 0.05) is 13.1 Å². The molecule has 2 fully saturated rings. The maximum absolute atomic E-state index is 13.1. The smallest absolute Gasteiger partial charge is 0.335 e. The van der Waals surface area contributed by atoms with Crippen LogP contribution in [0, 0.1) is 11.8 Å². The largest absolute Gasteiger partial charge is 0.354 e. The minimum Gasteiger partial charge on any atom is -0.354 e. The van der Waals surface area contributed by atoms with Crippen LogP contribution in [0.15, 0.2) is 12.4 Å². The molecule has 0 amide bonds. The SMILES string of the molecule is FC(F)n1ncc2nc(N3CC4C(C3)C4(F)F)cnc21. The molecule has 0 radical (unpaired) electrons. The normalized spacial score (nSPS) is 27.4. The van der Waals surface area contributed by atoms with Crippen molar-refractivity contribution < 1.29 is 17.6 Å². The van der Waals surface area contributed by atoms with Gasteiger partial charge < -0.3 is 4.90 Å². The highest BCUT2D eigenvalue weighted by molar-refractivity contribution is 5.71. The van der Waals surface area contributed by atoms with Crippen molar-refractivity contribution in [1.29, 1.82) is 0 Å². The molecule has 2 aromatic rings. The summed E-state index contributed by atoms with van der Waals surface area (Å²) >= 11 is 0. The van der Waals surface area contributed by atoms with E-state index in [2.05, 4.69) is 15.1 Å². The van der Waals surface area contributed by atoms with E-state index in [9.17, 15) is 17.6 Å². The lowest BCUT2D eigenvalue weighted by atomic mass is 10.4. The van der Waals surface area contributed by atoms with Crippen molar-refractivity contribution >= 4 is 17.0 Å². The number of fused-ring (bicyclic) bond motifs is 2. The van der Waals surface area contributed by atoms with E-state index in [0.29, 0.717) is 10.5 Å². The minimum absolute atomic E-state index is 0.0153. The van der Waals surface area contributed by atoms with Gasteiger partial charge in [0.25, 0.3) is 5.92 Å². The highest BCUT2D eigenvalue weighted by Crippen LogP contribution is 2.59. The maximum atomic E-state index is 13.1. The first kappa shape index (κ1) is 11.9. The van der Waals surface area contributed by atoms with Crippen LogP contribution in [0.25, 0.3) is 11.2 Å². The van der Waals surface area contributed by atoms with Crippen LogP contribution < -0.4 is 4.90 Å². The minimum atomic E-state index is -2.79. The number of alkyl halides is 4. The van der Waals surface area contributed by atoms with Crippen LogP contribution in [0.3, 0.4) is 0 Å². The summed E-state index contributed by atoms with van der Waals surface area (Å²) in [7, 11) is 0. The lowest BCUT2D eigenvalue weighted by Crippen LogP contribution is -2.28. The number of piperidine rings is 1. The first-order chi connectivity index (χ1) is 9.48. The van der Waals surface area contributed by atoms with Gasteiger partial charge in [-0.3, -0.25) is 0 Å². The maximum Gasteiger partial charge on any atom is 0.335 e. The summed E-state index contributed by atoms with van der Waals surface area (Å²) < 4.78 is 51.9. The topological polar surface area (TPSA) is 46.8 Å². The van der Waals surface area contributed by atoms with E-state index in [1.54, 1.807) is 4.90 Å². The van der Waals surface area contributed by atoms with Crippen LogP contribution in [0.4, 0.5) is 23.4 Å². The fourth-order valence-corrected chi connectivity index (χ4v) is 2.81. The number of hydrogen-bond acceptors (Lipinski definition) is 4. The van der Waals surface area contributed by atoms with Crippen molar-refractivity contribution in [3.63, 3.8) is 0 Å². The second-order valence-electron chi connectivity index (χ2n) is 5.10. The third-order valence-corrected chi connectivity index (χ3v) is 4.00. The third-order valence-electron chi connectivity index (χ3n) is 4.00. The Kier molecular flexibility index (Phi) is 2.13. The molecule has 1 aliphatic carbocycles. The molecule has 1 saturated carbocycles. The molecule has 3 heterocycles. The average molecular weight is 287 g/mol. The first-order valence-corrected chi connectivity index (χ1v) is 6.09. The van der Waals surface area contributed by atoms with Crippen molar-refractivity contribution in [3.05, 3.63) is 12.4 Å². The van der Waals surface area contributed by atoms with Crippen LogP contribution >= 0.6 is 0 Å². The van der Waals surface area contributed by atoms with Crippen LogP contribution in [0.1, 0.15) is 6.55 Å². The van der Waals surface area contributed by atoms with Crippen LogP contribution in [0.5, 0.6) is 0 Å². The Morgan fingerprint density at radius 3 is 2.55 bits per heavy atom. The van der Waals surface area contributed by atoms with Gasteiger partial charge in [0.05, 0.1) is 24.2 Å². The van der Waals surface area contributed by atoms with Gasteiger partial charge in [0.2, 0.25) is 0 Å². The molecular formula is C11H9F4N5. The molecular weight excluding hydrogens is 278 g/mol. The van der Waals surface area contributed by atoms with E-state index >= 15 is 0 Å². The van der Waals surface area contributed by atoms with E-state index in [-0.39, 0.29) is 24.3 Å². The summed E-state index contributed by atoms with van der Waals surface area (Å²) in [6.45, 7) is -2.34. The summed E-state index contributed by atoms with van der Waals surface area (Å²) in [5, 5.41) is 3.51. The first-order valence-electron chi connectivity index (χ1n) is 6.09. The Balaban J connectivity index is 1.63. The molecule has 1 aliphatic heterocycles. The number of rotatable bonds is 2. The fourth-order valence-electron chi connectivity index (χ4n) is 2.81. The Hall–Kier alpha value is -1.93. The van der Waals surface area contributed by atoms with Gasteiger partial charge in [-0.05, 0) is 0 Å². The van der Waals surface area contributed by atoms with Crippen molar-refractivity contribution in [2.45, 2.75) is 12.5 Å². The number of hydrogen-bond donors (Lipinski definition) is 0. The number of anilines is 1. The van der Waals surface area contributed by atoms with E-state index < -0.39 is 24.3 Å². The summed E-state index contributed by atoms with van der Waals surface area (Å²) in [5.41, 5.74) is 0.216. The molecule has 2 aliphatic rings. The Morgan fingerprint density at radius 1 is 1.20 bits per heavy atom. The van der Waals surface area contributed by atoms with Crippen LogP contribution in [-0.4, -0.2) is 38.8 Å². The lowest BCUT2D eigenvalue weighted by Gasteiger charge is -2.20. The molecule has 2 atom stereocenters. The molecule has 0 aromatic carbocycles. The van der Waals surface area contributed by atoms with Gasteiger partial charge in [-0.25, -0.2) is 18.7 Å². The summed E-state index contributed by atoms with van der Waals surface area (Å²) in [6, 6.07) is 0. The molecule has 106 valence electrons. The van der Waals surface area contributed by atoms with Crippen LogP contribution in [0.2, 0.25) is 0 Å². The molecule has 4 rings (SSSR count). The quantitative estimate of drug-likeness (QED) is 0.792. The molecule has 0 bridgehead atoms. The predicted molar refractivity (Wildman–Crippen MR) is 60.7 cm³/mol. The number of nitrogens with zero attached hydrogens (tertiary/aromatic N) is 5. The highest BCUT2D eigenvalue weighted by Gasteiger charge is 2.71. The van der Waals surface area contributed by atoms with Crippen molar-refractivity contribution in [3.8, 4) is 0 Å². The second-order valence-corrected chi connectivity index (χ2v) is 5.10. The van der Waals surface area contributed by atoms with Gasteiger partial charge >= 0.3 is 6.55 Å². The summed E-state index contributed by atoms with van der Waals surface area (Å²) in [4.78, 5) is 9.78. The Labute approximate surface area is 110 Å². The predicted octanol–water partition coefficient (Wildman–Crippen LogP) is 1.92. The van der Waals surface area contributed by atoms with Crippen molar-refractivity contribution in [2.24, 2.45) is 11.8 Å². The van der Waals surface area contributed by atoms with E-state index in [0.717, 1.165) is 0 Å². The van der Waals surface area contributed by atoms with Gasteiger partial charge in [-0.15, -0.1) is 0 Å². The molecule has 5 nitrogen and oxygen atoms in total. The Morgan fingerprint density at radius 2 is 1.90 bits per heavy atom. The molecule has 20 heavy (non-hydrogen) atoms. The second kappa shape index (κ2) is 3.58. The fraction of sp³-hybridized carbons (Fsp3) is 0.545. The standard InChI is InChI=1S/C11H9F4N5/c12-10(13)20-9-7(1-17-20)18-8(2-16-9)19-3-5-6(4-19)11(5,14)15/h1-2,5-6,10H,3-4H2. The molecule has 0 spiro atoms. The molecule has 1 saturated heterocycles. The van der Waals surface area contributed by atoms with Crippen molar-refractivity contribution in [1.82, 2.24) is 19.7 Å². The van der Waals surface area contributed by atoms with Crippen molar-refractivity contribution in [2.75, 3.05) is 18.0 Å². The number of halogens is 4. The zero-order chi connectivity index (χ0) is 14.1. The monoisotopic (exact) mass is 287 g/mol. The van der Waals surface area contributed by atoms with Gasteiger partial charge in [0.15, 0.2) is 5.65 Å². The molecule has 2 aromatic heterocycles. The molecule has 2 unspecified atom stereocenters. The zero-order valence-electron chi connectivity index (χ0n) is 10.0. The van der Waals surface area contributed by atoms with Gasteiger partial charge in [-0.2, -0.15) is 18.6 Å². The average Bonchev–Trinajstić information content (AvgIpc) is 2.87. The zero-order valence-corrected chi connectivity index (χ0v) is 10.0.